The molecule has 0 spiro atoms. The molecule has 0 aliphatic rings. The number of hydrogen-bond donors (Lipinski definition) is 4. The summed E-state index contributed by atoms with van der Waals surface area (Å²) in [6.45, 7) is 3.91. The number of azo groups is 2. The summed E-state index contributed by atoms with van der Waals surface area (Å²) in [5.41, 5.74) is 30.5. The van der Waals surface area contributed by atoms with Gasteiger partial charge in [0.05, 0.1) is 34.1 Å². The van der Waals surface area contributed by atoms with Gasteiger partial charge in [-0.2, -0.15) is 20.5 Å². The summed E-state index contributed by atoms with van der Waals surface area (Å²) >= 11 is 0. The second-order valence-electron chi connectivity index (χ2n) is 9.72. The molecule has 10 heteroatoms. The third kappa shape index (κ3) is 13.3. The Labute approximate surface area is 269 Å². The molecule has 0 saturated heterocycles. The van der Waals surface area contributed by atoms with Gasteiger partial charge in [0.25, 0.3) is 0 Å². The molecule has 0 unspecified atom stereocenters. The highest BCUT2D eigenvalue weighted by molar-refractivity contribution is 5.49. The summed E-state index contributed by atoms with van der Waals surface area (Å²) in [5, 5.41) is 16.4. The molecule has 8 N–H and O–H groups in total. The van der Waals surface area contributed by atoms with E-state index in [1.165, 1.54) is 0 Å². The van der Waals surface area contributed by atoms with Crippen LogP contribution < -0.4 is 22.9 Å². The molecule has 0 aliphatic carbocycles. The Morgan fingerprint density at radius 3 is 0.957 bits per heavy atom. The van der Waals surface area contributed by atoms with E-state index in [0.717, 1.165) is 56.6 Å². The largest absolute Gasteiger partial charge is 0.399 e. The van der Waals surface area contributed by atoms with Crippen LogP contribution in [0.5, 0.6) is 0 Å². The number of aryl methyl sites for hydroxylation is 2. The predicted octanol–water partition coefficient (Wildman–Crippen LogP) is 9.31. The molecule has 0 atom stereocenters. The number of pyridine rings is 2. The first-order valence-corrected chi connectivity index (χ1v) is 14.3. The highest BCUT2D eigenvalue weighted by atomic mass is 15.1. The summed E-state index contributed by atoms with van der Waals surface area (Å²) < 4.78 is 0. The maximum absolute atomic E-state index is 5.56. The van der Waals surface area contributed by atoms with E-state index in [9.17, 15) is 0 Å². The number of aromatic nitrogens is 2. The third-order valence-corrected chi connectivity index (χ3v) is 6.02. The van der Waals surface area contributed by atoms with Gasteiger partial charge in [0.15, 0.2) is 0 Å². The van der Waals surface area contributed by atoms with Crippen LogP contribution in [0.3, 0.4) is 0 Å². The van der Waals surface area contributed by atoms with Crippen molar-refractivity contribution in [2.45, 2.75) is 13.8 Å². The van der Waals surface area contributed by atoms with Crippen LogP contribution in [0.2, 0.25) is 0 Å². The molecule has 46 heavy (non-hydrogen) atoms. The van der Waals surface area contributed by atoms with Crippen LogP contribution in [-0.2, 0) is 0 Å². The molecule has 2 aromatic heterocycles. The maximum Gasteiger partial charge on any atom is 0.0858 e. The van der Waals surface area contributed by atoms with Gasteiger partial charge in [0.2, 0.25) is 0 Å². The molecule has 0 aliphatic heterocycles. The Bertz CT molecular complexity index is 1600. The van der Waals surface area contributed by atoms with Gasteiger partial charge < -0.3 is 22.9 Å². The van der Waals surface area contributed by atoms with E-state index in [1.807, 2.05) is 111 Å². The molecule has 2 heterocycles. The van der Waals surface area contributed by atoms with Crippen LogP contribution >= 0.6 is 0 Å². The van der Waals surface area contributed by atoms with E-state index in [-0.39, 0.29) is 0 Å². The van der Waals surface area contributed by atoms with Gasteiger partial charge in [0.1, 0.15) is 0 Å². The van der Waals surface area contributed by atoms with E-state index < -0.39 is 0 Å². The number of nitrogen functional groups attached to an aromatic ring is 4. The molecule has 0 bridgehead atoms. The van der Waals surface area contributed by atoms with E-state index in [2.05, 4.69) is 30.4 Å². The predicted molar refractivity (Wildman–Crippen MR) is 190 cm³/mol. The van der Waals surface area contributed by atoms with Crippen LogP contribution in [0.25, 0.3) is 0 Å². The van der Waals surface area contributed by atoms with Crippen molar-refractivity contribution in [3.63, 3.8) is 0 Å². The van der Waals surface area contributed by atoms with Gasteiger partial charge >= 0.3 is 0 Å². The fourth-order valence-electron chi connectivity index (χ4n) is 3.25. The quantitative estimate of drug-likeness (QED) is 0.114. The zero-order valence-electron chi connectivity index (χ0n) is 25.8. The van der Waals surface area contributed by atoms with Crippen LogP contribution in [0.15, 0.2) is 167 Å². The first kappa shape index (κ1) is 34.1. The summed E-state index contributed by atoms with van der Waals surface area (Å²) in [4.78, 5) is 7.64. The van der Waals surface area contributed by atoms with Crippen molar-refractivity contribution in [3.05, 3.63) is 157 Å². The van der Waals surface area contributed by atoms with Crippen molar-refractivity contribution in [1.29, 1.82) is 0 Å². The first-order chi connectivity index (χ1) is 22.3. The minimum atomic E-state index is 0.730. The Hall–Kier alpha value is -6.42. The van der Waals surface area contributed by atoms with Crippen molar-refractivity contribution in [2.24, 2.45) is 20.5 Å². The van der Waals surface area contributed by atoms with Crippen molar-refractivity contribution in [2.75, 3.05) is 22.9 Å². The van der Waals surface area contributed by atoms with Crippen molar-refractivity contribution in [1.82, 2.24) is 9.97 Å². The Morgan fingerprint density at radius 1 is 0.391 bits per heavy atom. The number of rotatable bonds is 4. The Kier molecular flexibility index (Phi) is 14.1. The van der Waals surface area contributed by atoms with Gasteiger partial charge in [-0.1, -0.05) is 36.4 Å². The van der Waals surface area contributed by atoms with Gasteiger partial charge in [0, 0.05) is 36.2 Å². The molecular formula is C36H38N10. The van der Waals surface area contributed by atoms with Gasteiger partial charge in [-0.25, -0.2) is 0 Å². The minimum absolute atomic E-state index is 0.730. The number of anilines is 4. The summed E-state index contributed by atoms with van der Waals surface area (Å²) in [5.74, 6) is 0. The average molecular weight is 611 g/mol. The number of nitrogens with two attached hydrogens (primary N) is 4. The van der Waals surface area contributed by atoms with Crippen molar-refractivity contribution < 1.29 is 0 Å². The lowest BCUT2D eigenvalue weighted by Crippen LogP contribution is -1.88. The van der Waals surface area contributed by atoms with E-state index in [4.69, 9.17) is 22.9 Å². The zero-order chi connectivity index (χ0) is 33.0. The van der Waals surface area contributed by atoms with Crippen LogP contribution in [0, 0.1) is 13.8 Å². The molecule has 6 aromatic rings. The Balaban J connectivity index is 0.000000174. The Morgan fingerprint density at radius 2 is 0.696 bits per heavy atom. The van der Waals surface area contributed by atoms with Crippen molar-refractivity contribution >= 4 is 45.5 Å². The molecule has 6 rings (SSSR count). The molecule has 10 nitrogen and oxygen atoms in total. The molecular weight excluding hydrogens is 572 g/mol. The molecule has 0 fully saturated rings. The molecule has 0 radical (unpaired) electrons. The maximum atomic E-state index is 5.56. The van der Waals surface area contributed by atoms with E-state index >= 15 is 0 Å². The van der Waals surface area contributed by atoms with Crippen LogP contribution in [0.4, 0.5) is 45.5 Å². The average Bonchev–Trinajstić information content (AvgIpc) is 3.09. The topological polar surface area (TPSA) is 179 Å². The lowest BCUT2D eigenvalue weighted by Gasteiger charge is -1.93. The van der Waals surface area contributed by atoms with Crippen molar-refractivity contribution in [3.8, 4) is 0 Å². The molecule has 0 saturated carbocycles. The fraction of sp³-hybridized carbons (Fsp3) is 0.0556. The van der Waals surface area contributed by atoms with Gasteiger partial charge in [-0.15, -0.1) is 0 Å². The SMILES string of the molecule is Cc1ccncc1N.Cc1ccncc1N.Nc1ccc(N=Nc2ccccc2)cc1.Nc1ccc(N=Nc2ccccc2)cc1. The number of nitrogens with zero attached hydrogens (tertiary/aromatic N) is 6. The standard InChI is InChI=1S/2C12H11N3.2C6H8N2/c2*13-10-6-8-12(9-7-10)15-14-11-4-2-1-3-5-11;2*1-5-2-3-8-4-6(5)7/h2*1-9H,13H2;2*2-4H,7H2,1H3. The molecule has 4 aromatic carbocycles. The minimum Gasteiger partial charge on any atom is -0.399 e. The highest BCUT2D eigenvalue weighted by Crippen LogP contribution is 2.19. The van der Waals surface area contributed by atoms with Crippen LogP contribution in [-0.4, -0.2) is 9.97 Å². The van der Waals surface area contributed by atoms with Gasteiger partial charge in [-0.05, 0) is 110 Å². The number of hydrogen-bond acceptors (Lipinski definition) is 10. The highest BCUT2D eigenvalue weighted by Gasteiger charge is 1.91. The summed E-state index contributed by atoms with van der Waals surface area (Å²) in [6.07, 6.45) is 6.75. The fourth-order valence-corrected chi connectivity index (χ4v) is 3.25. The summed E-state index contributed by atoms with van der Waals surface area (Å²) in [7, 11) is 0. The van der Waals surface area contributed by atoms with Crippen LogP contribution in [0.1, 0.15) is 11.1 Å². The lowest BCUT2D eigenvalue weighted by atomic mass is 10.3. The molecule has 0 amide bonds. The number of benzene rings is 4. The van der Waals surface area contributed by atoms with Gasteiger partial charge in [-0.3, -0.25) is 9.97 Å². The lowest BCUT2D eigenvalue weighted by molar-refractivity contribution is 1.23. The monoisotopic (exact) mass is 610 g/mol. The third-order valence-electron chi connectivity index (χ3n) is 6.02. The zero-order valence-corrected chi connectivity index (χ0v) is 25.8. The smallest absolute Gasteiger partial charge is 0.0858 e. The summed E-state index contributed by atoms with van der Waals surface area (Å²) in [6, 6.07) is 37.5. The van der Waals surface area contributed by atoms with E-state index in [0.29, 0.717) is 0 Å². The van der Waals surface area contributed by atoms with E-state index in [1.54, 1.807) is 49.1 Å². The molecule has 232 valence electrons. The second kappa shape index (κ2) is 19.0. The normalized spacial score (nSPS) is 10.1. The first-order valence-electron chi connectivity index (χ1n) is 14.3. The second-order valence-corrected chi connectivity index (χ2v) is 9.72.